The van der Waals surface area contributed by atoms with Crippen molar-refractivity contribution >= 4 is 17.9 Å². The molecule has 0 N–H and O–H groups in total. The molecule has 0 aromatic heterocycles. The van der Waals surface area contributed by atoms with Crippen molar-refractivity contribution < 1.29 is 19.1 Å². The van der Waals surface area contributed by atoms with Crippen LogP contribution in [0.4, 0.5) is 4.79 Å². The molecule has 4 rings (SSSR count). The molecule has 0 unspecified atom stereocenters. The van der Waals surface area contributed by atoms with Gasteiger partial charge in [0.15, 0.2) is 0 Å². The van der Waals surface area contributed by atoms with Gasteiger partial charge in [-0.3, -0.25) is 14.5 Å². The molecule has 2 heterocycles. The van der Waals surface area contributed by atoms with Crippen LogP contribution in [0.3, 0.4) is 0 Å². The van der Waals surface area contributed by atoms with Crippen LogP contribution in [0.1, 0.15) is 67.2 Å². The summed E-state index contributed by atoms with van der Waals surface area (Å²) in [6.45, 7) is 6.37. The lowest BCUT2D eigenvalue weighted by Gasteiger charge is -2.41. The van der Waals surface area contributed by atoms with Crippen LogP contribution in [0.25, 0.3) is 0 Å². The second-order valence-corrected chi connectivity index (χ2v) is 9.05. The van der Waals surface area contributed by atoms with Gasteiger partial charge in [-0.15, -0.1) is 0 Å². The van der Waals surface area contributed by atoms with Gasteiger partial charge in [0.2, 0.25) is 0 Å². The minimum Gasteiger partial charge on any atom is -0.444 e. The van der Waals surface area contributed by atoms with Crippen LogP contribution in [-0.4, -0.2) is 52.4 Å². The Hall–Kier alpha value is -2.37. The van der Waals surface area contributed by atoms with Crippen LogP contribution in [-0.2, 0) is 4.74 Å². The largest absolute Gasteiger partial charge is 0.444 e. The van der Waals surface area contributed by atoms with Crippen molar-refractivity contribution in [1.29, 1.82) is 0 Å². The van der Waals surface area contributed by atoms with Crippen molar-refractivity contribution in [2.45, 2.75) is 58.1 Å². The topological polar surface area (TPSA) is 66.9 Å². The number of rotatable bonds is 2. The quantitative estimate of drug-likeness (QED) is 0.748. The molecule has 144 valence electrons. The highest BCUT2D eigenvalue weighted by Crippen LogP contribution is 2.55. The Kier molecular flexibility index (Phi) is 4.05. The molecule has 1 aromatic rings. The van der Waals surface area contributed by atoms with Crippen LogP contribution >= 0.6 is 0 Å². The SMILES string of the molecule is CC(C)(C)OC(=O)N1CCC2(CC2)C[C@H]1CN1C(=O)c2ccccc2C1=O. The fourth-order valence-corrected chi connectivity index (χ4v) is 4.22. The number of likely N-dealkylation sites (tertiary alicyclic amines) is 1. The van der Waals surface area contributed by atoms with E-state index < -0.39 is 5.60 Å². The molecule has 6 heteroatoms. The summed E-state index contributed by atoms with van der Waals surface area (Å²) in [5.74, 6) is -0.537. The molecule has 1 saturated carbocycles. The van der Waals surface area contributed by atoms with E-state index in [0.717, 1.165) is 25.7 Å². The van der Waals surface area contributed by atoms with Crippen molar-refractivity contribution in [3.05, 3.63) is 35.4 Å². The standard InChI is InChI=1S/C21H26N2O4/c1-20(2,3)27-19(26)22-11-10-21(8-9-21)12-14(22)13-23-17(24)15-6-4-5-7-16(15)18(23)25/h4-7,14H,8-13H2,1-3H3/t14-/m0/s1. The highest BCUT2D eigenvalue weighted by atomic mass is 16.6. The van der Waals surface area contributed by atoms with Gasteiger partial charge in [0.05, 0.1) is 17.2 Å². The first-order chi connectivity index (χ1) is 12.7. The maximum atomic E-state index is 12.7. The van der Waals surface area contributed by atoms with E-state index in [1.807, 2.05) is 20.8 Å². The van der Waals surface area contributed by atoms with Crippen molar-refractivity contribution in [3.63, 3.8) is 0 Å². The van der Waals surface area contributed by atoms with Gasteiger partial charge in [0.25, 0.3) is 11.8 Å². The first-order valence-corrected chi connectivity index (χ1v) is 9.64. The first kappa shape index (κ1) is 18.0. The van der Waals surface area contributed by atoms with E-state index >= 15 is 0 Å². The number of piperidine rings is 1. The second kappa shape index (κ2) is 6.08. The maximum absolute atomic E-state index is 12.7. The van der Waals surface area contributed by atoms with Crippen molar-refractivity contribution in [1.82, 2.24) is 9.80 Å². The number of benzene rings is 1. The zero-order chi connectivity index (χ0) is 19.4. The number of carbonyl (C=O) groups is 3. The van der Waals surface area contributed by atoms with Crippen molar-refractivity contribution in [2.24, 2.45) is 5.41 Å². The molecule has 1 aromatic carbocycles. The zero-order valence-electron chi connectivity index (χ0n) is 16.2. The Morgan fingerprint density at radius 1 is 1.11 bits per heavy atom. The fraction of sp³-hybridized carbons (Fsp3) is 0.571. The third kappa shape index (κ3) is 3.33. The molecule has 2 fully saturated rings. The van der Waals surface area contributed by atoms with E-state index in [4.69, 9.17) is 4.74 Å². The summed E-state index contributed by atoms with van der Waals surface area (Å²) in [5, 5.41) is 0. The highest BCUT2D eigenvalue weighted by Gasteiger charge is 2.51. The van der Waals surface area contributed by atoms with Crippen LogP contribution in [0.2, 0.25) is 0 Å². The molecule has 6 nitrogen and oxygen atoms in total. The number of hydrogen-bond acceptors (Lipinski definition) is 4. The predicted molar refractivity (Wildman–Crippen MR) is 99.4 cm³/mol. The molecule has 3 amide bonds. The monoisotopic (exact) mass is 370 g/mol. The molecule has 1 saturated heterocycles. The first-order valence-electron chi connectivity index (χ1n) is 9.64. The highest BCUT2D eigenvalue weighted by molar-refractivity contribution is 6.21. The van der Waals surface area contributed by atoms with Crippen molar-refractivity contribution in [2.75, 3.05) is 13.1 Å². The number of fused-ring (bicyclic) bond motifs is 1. The Balaban J connectivity index is 1.55. The summed E-state index contributed by atoms with van der Waals surface area (Å²) >= 11 is 0. The maximum Gasteiger partial charge on any atom is 0.410 e. The fourth-order valence-electron chi connectivity index (χ4n) is 4.22. The van der Waals surface area contributed by atoms with Gasteiger partial charge in [-0.2, -0.15) is 0 Å². The summed E-state index contributed by atoms with van der Waals surface area (Å²) in [5.41, 5.74) is 0.597. The Morgan fingerprint density at radius 3 is 2.22 bits per heavy atom. The van der Waals surface area contributed by atoms with Gasteiger partial charge < -0.3 is 9.64 Å². The van der Waals surface area contributed by atoms with Gasteiger partial charge >= 0.3 is 6.09 Å². The number of imide groups is 1. The lowest BCUT2D eigenvalue weighted by Crippen LogP contribution is -2.53. The molecule has 0 bridgehead atoms. The van der Waals surface area contributed by atoms with Gasteiger partial charge in [-0.25, -0.2) is 4.79 Å². The Bertz CT molecular complexity index is 772. The third-order valence-electron chi connectivity index (χ3n) is 5.85. The summed E-state index contributed by atoms with van der Waals surface area (Å²) in [6, 6.07) is 6.70. The Labute approximate surface area is 159 Å². The lowest BCUT2D eigenvalue weighted by molar-refractivity contribution is -0.00212. The van der Waals surface area contributed by atoms with E-state index in [9.17, 15) is 14.4 Å². The van der Waals surface area contributed by atoms with Crippen LogP contribution < -0.4 is 0 Å². The van der Waals surface area contributed by atoms with Crippen LogP contribution in [0.15, 0.2) is 24.3 Å². The smallest absolute Gasteiger partial charge is 0.410 e. The Morgan fingerprint density at radius 2 is 1.70 bits per heavy atom. The summed E-state index contributed by atoms with van der Waals surface area (Å²) < 4.78 is 5.57. The lowest BCUT2D eigenvalue weighted by atomic mass is 9.88. The normalized spacial score (nSPS) is 23.6. The average Bonchev–Trinajstić information content (AvgIpc) is 3.30. The molecule has 1 atom stereocenters. The molecular formula is C21H26N2O4. The average molecular weight is 370 g/mol. The summed E-state index contributed by atoms with van der Waals surface area (Å²) in [4.78, 5) is 41.2. The number of hydrogen-bond donors (Lipinski definition) is 0. The molecule has 1 aliphatic carbocycles. The van der Waals surface area contributed by atoms with Gasteiger partial charge in [0, 0.05) is 13.1 Å². The third-order valence-corrected chi connectivity index (χ3v) is 5.85. The number of carbonyl (C=O) groups excluding carboxylic acids is 3. The van der Waals surface area contributed by atoms with Gasteiger partial charge in [-0.05, 0) is 64.0 Å². The number of nitrogens with zero attached hydrogens (tertiary/aromatic N) is 2. The van der Waals surface area contributed by atoms with Crippen LogP contribution in [0, 0.1) is 5.41 Å². The second-order valence-electron chi connectivity index (χ2n) is 9.05. The van der Waals surface area contributed by atoms with Crippen molar-refractivity contribution in [3.8, 4) is 0 Å². The molecule has 2 aliphatic heterocycles. The molecule has 0 radical (unpaired) electrons. The zero-order valence-corrected chi connectivity index (χ0v) is 16.2. The molecule has 27 heavy (non-hydrogen) atoms. The van der Waals surface area contributed by atoms with Gasteiger partial charge in [0.1, 0.15) is 5.60 Å². The molecule has 1 spiro atoms. The summed E-state index contributed by atoms with van der Waals surface area (Å²) in [7, 11) is 0. The van der Waals surface area contributed by atoms with E-state index in [-0.39, 0.29) is 35.9 Å². The van der Waals surface area contributed by atoms with Crippen LogP contribution in [0.5, 0.6) is 0 Å². The van der Waals surface area contributed by atoms with E-state index in [1.165, 1.54) is 4.90 Å². The number of amides is 3. The minimum atomic E-state index is -0.578. The molecule has 3 aliphatic rings. The number of ether oxygens (including phenoxy) is 1. The van der Waals surface area contributed by atoms with Gasteiger partial charge in [-0.1, -0.05) is 12.1 Å². The van der Waals surface area contributed by atoms with E-state index in [1.54, 1.807) is 29.2 Å². The summed E-state index contributed by atoms with van der Waals surface area (Å²) in [6.07, 6.45) is 3.74. The molecular weight excluding hydrogens is 344 g/mol. The minimum absolute atomic E-state index is 0.196. The predicted octanol–water partition coefficient (Wildman–Crippen LogP) is 3.46. The van der Waals surface area contributed by atoms with E-state index in [2.05, 4.69) is 0 Å². The van der Waals surface area contributed by atoms with E-state index in [0.29, 0.717) is 17.7 Å².